The maximum atomic E-state index is 13.7. The van der Waals surface area contributed by atoms with Gasteiger partial charge in [-0.1, -0.05) is 13.0 Å². The number of halogens is 1. The number of hydrogen-bond donors (Lipinski definition) is 1. The predicted octanol–water partition coefficient (Wildman–Crippen LogP) is 2.86. The Morgan fingerprint density at radius 2 is 2.10 bits per heavy atom. The van der Waals surface area contributed by atoms with Crippen LogP contribution in [-0.2, 0) is 19.4 Å². The third-order valence-corrected chi connectivity index (χ3v) is 3.58. The number of aromatic nitrogens is 2. The summed E-state index contributed by atoms with van der Waals surface area (Å²) in [7, 11) is 1.45. The van der Waals surface area contributed by atoms with Crippen molar-refractivity contribution < 1.29 is 9.13 Å². The molecule has 1 atom stereocenters. The Kier molecular flexibility index (Phi) is 4.96. The molecule has 114 valence electrons. The van der Waals surface area contributed by atoms with Crippen LogP contribution in [0, 0.1) is 5.82 Å². The quantitative estimate of drug-likeness (QED) is 0.890. The van der Waals surface area contributed by atoms with Gasteiger partial charge in [-0.3, -0.25) is 4.68 Å². The molecule has 0 bridgehead atoms. The number of nitrogens with zero attached hydrogens (tertiary/aromatic N) is 2. The third-order valence-electron chi connectivity index (χ3n) is 3.58. The molecule has 0 saturated heterocycles. The molecular formula is C16H22FN3O. The number of nitrogens with two attached hydrogens (primary N) is 1. The molecule has 1 aromatic carbocycles. The predicted molar refractivity (Wildman–Crippen MR) is 80.9 cm³/mol. The highest BCUT2D eigenvalue weighted by atomic mass is 19.1. The second-order valence-corrected chi connectivity index (χ2v) is 5.01. The minimum absolute atomic E-state index is 0.203. The first-order chi connectivity index (χ1) is 10.1. The first-order valence-corrected chi connectivity index (χ1v) is 7.23. The fourth-order valence-electron chi connectivity index (χ4n) is 2.41. The average molecular weight is 291 g/mol. The first kappa shape index (κ1) is 15.5. The van der Waals surface area contributed by atoms with Crippen molar-refractivity contribution in [2.24, 2.45) is 5.73 Å². The SMILES string of the molecule is CCc1cc(C(N)Cc2ccc(OC)c(F)c2)n(CC)n1. The van der Waals surface area contributed by atoms with E-state index in [9.17, 15) is 4.39 Å². The molecule has 21 heavy (non-hydrogen) atoms. The molecule has 1 aromatic heterocycles. The molecule has 5 heteroatoms. The van der Waals surface area contributed by atoms with E-state index in [1.165, 1.54) is 13.2 Å². The summed E-state index contributed by atoms with van der Waals surface area (Å²) >= 11 is 0. The van der Waals surface area contributed by atoms with Crippen molar-refractivity contribution in [2.45, 2.75) is 39.3 Å². The molecule has 0 saturated carbocycles. The fourth-order valence-corrected chi connectivity index (χ4v) is 2.41. The van der Waals surface area contributed by atoms with Gasteiger partial charge in [-0.2, -0.15) is 5.10 Å². The van der Waals surface area contributed by atoms with Crippen LogP contribution in [0.15, 0.2) is 24.3 Å². The maximum absolute atomic E-state index is 13.7. The summed E-state index contributed by atoms with van der Waals surface area (Å²) in [6.07, 6.45) is 1.44. The van der Waals surface area contributed by atoms with Gasteiger partial charge in [-0.25, -0.2) is 4.39 Å². The van der Waals surface area contributed by atoms with Crippen molar-refractivity contribution in [3.63, 3.8) is 0 Å². The Labute approximate surface area is 124 Å². The standard InChI is InChI=1S/C16H22FN3O/c1-4-12-10-15(20(5-2)19-12)14(18)9-11-6-7-16(21-3)13(17)8-11/h6-8,10,14H,4-5,9,18H2,1-3H3. The molecule has 0 aliphatic heterocycles. The fraction of sp³-hybridized carbons (Fsp3) is 0.438. The Balaban J connectivity index is 2.19. The topological polar surface area (TPSA) is 53.1 Å². The van der Waals surface area contributed by atoms with Crippen LogP contribution in [0.2, 0.25) is 0 Å². The van der Waals surface area contributed by atoms with Crippen molar-refractivity contribution in [3.8, 4) is 5.75 Å². The van der Waals surface area contributed by atoms with E-state index in [1.54, 1.807) is 6.07 Å². The summed E-state index contributed by atoms with van der Waals surface area (Å²) in [6.45, 7) is 4.88. The zero-order valence-electron chi connectivity index (χ0n) is 12.8. The highest BCUT2D eigenvalue weighted by Crippen LogP contribution is 2.22. The zero-order chi connectivity index (χ0) is 15.4. The Bertz CT molecular complexity index is 610. The van der Waals surface area contributed by atoms with Crippen LogP contribution in [0.1, 0.15) is 36.8 Å². The van der Waals surface area contributed by atoms with E-state index in [0.29, 0.717) is 6.42 Å². The Morgan fingerprint density at radius 1 is 1.33 bits per heavy atom. The molecule has 1 unspecified atom stereocenters. The molecule has 2 N–H and O–H groups in total. The molecule has 0 spiro atoms. The second kappa shape index (κ2) is 6.72. The second-order valence-electron chi connectivity index (χ2n) is 5.01. The monoisotopic (exact) mass is 291 g/mol. The van der Waals surface area contributed by atoms with Gasteiger partial charge in [0.2, 0.25) is 0 Å². The van der Waals surface area contributed by atoms with Gasteiger partial charge in [0, 0.05) is 6.54 Å². The Hall–Kier alpha value is -1.88. The van der Waals surface area contributed by atoms with E-state index in [0.717, 1.165) is 29.9 Å². The molecule has 2 aromatic rings. The van der Waals surface area contributed by atoms with Crippen LogP contribution in [0.4, 0.5) is 4.39 Å². The summed E-state index contributed by atoms with van der Waals surface area (Å²) in [5.41, 5.74) is 9.15. The average Bonchev–Trinajstić information content (AvgIpc) is 2.91. The van der Waals surface area contributed by atoms with E-state index >= 15 is 0 Å². The van der Waals surface area contributed by atoms with E-state index < -0.39 is 0 Å². The van der Waals surface area contributed by atoms with Crippen molar-refractivity contribution in [3.05, 3.63) is 47.0 Å². The van der Waals surface area contributed by atoms with E-state index in [4.69, 9.17) is 10.5 Å². The smallest absolute Gasteiger partial charge is 0.165 e. The number of ether oxygens (including phenoxy) is 1. The van der Waals surface area contributed by atoms with Gasteiger partial charge in [0.15, 0.2) is 11.6 Å². The van der Waals surface area contributed by atoms with Gasteiger partial charge in [-0.05, 0) is 43.5 Å². The number of aryl methyl sites for hydroxylation is 2. The van der Waals surface area contributed by atoms with Crippen LogP contribution in [0.5, 0.6) is 5.75 Å². The van der Waals surface area contributed by atoms with Gasteiger partial charge >= 0.3 is 0 Å². The normalized spacial score (nSPS) is 12.4. The summed E-state index contributed by atoms with van der Waals surface area (Å²) in [6, 6.07) is 6.78. The molecule has 0 fully saturated rings. The van der Waals surface area contributed by atoms with Crippen LogP contribution in [0.3, 0.4) is 0 Å². The number of methoxy groups -OCH3 is 1. The lowest BCUT2D eigenvalue weighted by Crippen LogP contribution is -2.18. The van der Waals surface area contributed by atoms with Crippen LogP contribution >= 0.6 is 0 Å². The number of benzene rings is 1. The van der Waals surface area contributed by atoms with Gasteiger partial charge in [-0.15, -0.1) is 0 Å². The van der Waals surface area contributed by atoms with Gasteiger partial charge in [0.25, 0.3) is 0 Å². The van der Waals surface area contributed by atoms with Crippen LogP contribution in [0.25, 0.3) is 0 Å². The lowest BCUT2D eigenvalue weighted by molar-refractivity contribution is 0.386. The molecule has 0 radical (unpaired) electrons. The van der Waals surface area contributed by atoms with E-state index in [1.807, 2.05) is 23.7 Å². The maximum Gasteiger partial charge on any atom is 0.165 e. The number of hydrogen-bond acceptors (Lipinski definition) is 3. The zero-order valence-corrected chi connectivity index (χ0v) is 12.8. The molecule has 0 aliphatic rings. The van der Waals surface area contributed by atoms with E-state index in [-0.39, 0.29) is 17.6 Å². The highest BCUT2D eigenvalue weighted by Gasteiger charge is 2.15. The van der Waals surface area contributed by atoms with E-state index in [2.05, 4.69) is 12.0 Å². The van der Waals surface area contributed by atoms with Crippen molar-refractivity contribution in [1.29, 1.82) is 0 Å². The van der Waals surface area contributed by atoms with Gasteiger partial charge in [0.05, 0.1) is 24.5 Å². The minimum Gasteiger partial charge on any atom is -0.494 e. The summed E-state index contributed by atoms with van der Waals surface area (Å²) in [5, 5.41) is 4.50. The van der Waals surface area contributed by atoms with Crippen LogP contribution < -0.4 is 10.5 Å². The first-order valence-electron chi connectivity index (χ1n) is 7.23. The molecule has 0 aliphatic carbocycles. The Morgan fingerprint density at radius 3 is 2.67 bits per heavy atom. The molecular weight excluding hydrogens is 269 g/mol. The lowest BCUT2D eigenvalue weighted by Gasteiger charge is -2.14. The van der Waals surface area contributed by atoms with Gasteiger partial charge < -0.3 is 10.5 Å². The van der Waals surface area contributed by atoms with Crippen molar-refractivity contribution >= 4 is 0 Å². The van der Waals surface area contributed by atoms with Crippen molar-refractivity contribution in [2.75, 3.05) is 7.11 Å². The number of rotatable bonds is 6. The molecule has 2 rings (SSSR count). The largest absolute Gasteiger partial charge is 0.494 e. The molecule has 0 amide bonds. The summed E-state index contributed by atoms with van der Waals surface area (Å²) in [4.78, 5) is 0. The lowest BCUT2D eigenvalue weighted by atomic mass is 10.0. The van der Waals surface area contributed by atoms with Gasteiger partial charge in [0.1, 0.15) is 0 Å². The highest BCUT2D eigenvalue weighted by molar-refractivity contribution is 5.30. The van der Waals surface area contributed by atoms with Crippen molar-refractivity contribution in [1.82, 2.24) is 9.78 Å². The molecule has 4 nitrogen and oxygen atoms in total. The minimum atomic E-state index is -0.361. The summed E-state index contributed by atoms with van der Waals surface area (Å²) < 4.78 is 20.6. The third kappa shape index (κ3) is 3.42. The molecule has 1 heterocycles. The van der Waals surface area contributed by atoms with Crippen LogP contribution in [-0.4, -0.2) is 16.9 Å². The summed E-state index contributed by atoms with van der Waals surface area (Å²) in [5.74, 6) is -0.111.